The van der Waals surface area contributed by atoms with Gasteiger partial charge in [0.15, 0.2) is 0 Å². The van der Waals surface area contributed by atoms with Crippen LogP contribution in [0.4, 0.5) is 10.5 Å². The Bertz CT molecular complexity index is 1010. The first-order valence-corrected chi connectivity index (χ1v) is 11.9. The molecule has 1 aromatic heterocycles. The van der Waals surface area contributed by atoms with E-state index in [0.717, 1.165) is 16.9 Å². The largest absolute Gasteiger partial charge is 0.497 e. The lowest BCUT2D eigenvalue weighted by Gasteiger charge is -2.31. The third kappa shape index (κ3) is 7.08. The molecule has 0 aliphatic rings. The van der Waals surface area contributed by atoms with Crippen LogP contribution >= 0.6 is 11.3 Å². The second-order valence-electron chi connectivity index (χ2n) is 7.86. The fourth-order valence-corrected chi connectivity index (χ4v) is 4.11. The summed E-state index contributed by atoms with van der Waals surface area (Å²) in [4.78, 5) is 31.1. The van der Waals surface area contributed by atoms with Gasteiger partial charge in [0.25, 0.3) is 0 Å². The van der Waals surface area contributed by atoms with E-state index in [1.54, 1.807) is 47.6 Å². The average molecular weight is 466 g/mol. The van der Waals surface area contributed by atoms with E-state index in [4.69, 9.17) is 4.74 Å². The average Bonchev–Trinajstić information content (AvgIpc) is 3.35. The van der Waals surface area contributed by atoms with E-state index in [1.165, 1.54) is 0 Å². The molecule has 1 unspecified atom stereocenters. The molecule has 3 amide bonds. The van der Waals surface area contributed by atoms with Crippen LogP contribution in [-0.4, -0.2) is 41.4 Å². The number of hydrogen-bond acceptors (Lipinski definition) is 4. The summed E-state index contributed by atoms with van der Waals surface area (Å²) in [7, 11) is 1.60. The highest BCUT2D eigenvalue weighted by atomic mass is 32.1. The Morgan fingerprint density at radius 2 is 1.73 bits per heavy atom. The van der Waals surface area contributed by atoms with Crippen LogP contribution in [0.1, 0.15) is 30.7 Å². The fraction of sp³-hybridized carbons (Fsp3) is 0.308. The van der Waals surface area contributed by atoms with Crippen LogP contribution < -0.4 is 10.1 Å². The monoisotopic (exact) mass is 465 g/mol. The zero-order valence-corrected chi connectivity index (χ0v) is 20.2. The molecule has 0 saturated heterocycles. The van der Waals surface area contributed by atoms with Crippen LogP contribution in [0, 0.1) is 0 Å². The minimum Gasteiger partial charge on any atom is -0.497 e. The standard InChI is InChI=1S/C26H31N3O3S/c1-4-20(2)29(26(31)27-22-12-14-23(32-3)15-13-22)19-25(30)28(18-24-11-8-16-33-24)17-21-9-6-5-7-10-21/h5-16,20H,4,17-19H2,1-3H3,(H,27,31). The predicted molar refractivity (Wildman–Crippen MR) is 133 cm³/mol. The maximum absolute atomic E-state index is 13.4. The number of methoxy groups -OCH3 is 1. The molecule has 174 valence electrons. The number of thiophene rings is 1. The van der Waals surface area contributed by atoms with Gasteiger partial charge in [-0.25, -0.2) is 4.79 Å². The van der Waals surface area contributed by atoms with Gasteiger partial charge in [-0.2, -0.15) is 0 Å². The Morgan fingerprint density at radius 3 is 2.33 bits per heavy atom. The van der Waals surface area contributed by atoms with Gasteiger partial charge in [0.1, 0.15) is 12.3 Å². The number of hydrogen-bond donors (Lipinski definition) is 1. The van der Waals surface area contributed by atoms with Crippen molar-refractivity contribution in [1.29, 1.82) is 0 Å². The van der Waals surface area contributed by atoms with Crippen LogP contribution in [0.25, 0.3) is 0 Å². The van der Waals surface area contributed by atoms with Crippen molar-refractivity contribution in [2.45, 2.75) is 39.4 Å². The number of nitrogens with zero attached hydrogens (tertiary/aromatic N) is 2. The summed E-state index contributed by atoms with van der Waals surface area (Å²) in [6, 6.07) is 20.7. The molecule has 0 saturated carbocycles. The summed E-state index contributed by atoms with van der Waals surface area (Å²) in [5.74, 6) is 0.629. The van der Waals surface area contributed by atoms with Crippen molar-refractivity contribution in [1.82, 2.24) is 9.80 Å². The summed E-state index contributed by atoms with van der Waals surface area (Å²) < 4.78 is 5.18. The third-order valence-electron chi connectivity index (χ3n) is 5.53. The van der Waals surface area contributed by atoms with Crippen LogP contribution in [0.2, 0.25) is 0 Å². The molecule has 0 spiro atoms. The van der Waals surface area contributed by atoms with Gasteiger partial charge in [-0.05, 0) is 54.6 Å². The first-order chi connectivity index (χ1) is 16.0. The molecule has 6 nitrogen and oxygen atoms in total. The number of rotatable bonds is 10. The molecular formula is C26H31N3O3S. The summed E-state index contributed by atoms with van der Waals surface area (Å²) >= 11 is 1.62. The first-order valence-electron chi connectivity index (χ1n) is 11.1. The smallest absolute Gasteiger partial charge is 0.322 e. The number of amides is 3. The van der Waals surface area contributed by atoms with Crippen LogP contribution in [0.3, 0.4) is 0 Å². The van der Waals surface area contributed by atoms with Crippen molar-refractivity contribution in [2.24, 2.45) is 0 Å². The second kappa shape index (κ2) is 12.1. The lowest BCUT2D eigenvalue weighted by atomic mass is 10.2. The molecule has 2 aromatic carbocycles. The highest BCUT2D eigenvalue weighted by molar-refractivity contribution is 7.09. The minimum absolute atomic E-state index is 0.00913. The number of anilines is 1. The van der Waals surface area contributed by atoms with Crippen molar-refractivity contribution >= 4 is 29.0 Å². The summed E-state index contributed by atoms with van der Waals surface area (Å²) in [6.07, 6.45) is 0.743. The Hall–Kier alpha value is -3.32. The molecule has 0 fully saturated rings. The Labute approximate surface area is 199 Å². The summed E-state index contributed by atoms with van der Waals surface area (Å²) in [6.45, 7) is 4.99. The first kappa shape index (κ1) is 24.3. The Kier molecular flexibility index (Phi) is 8.89. The molecule has 0 bridgehead atoms. The fourth-order valence-electron chi connectivity index (χ4n) is 3.39. The second-order valence-corrected chi connectivity index (χ2v) is 8.89. The molecule has 1 atom stereocenters. The maximum atomic E-state index is 13.4. The van der Waals surface area contributed by atoms with E-state index in [9.17, 15) is 9.59 Å². The molecular weight excluding hydrogens is 434 g/mol. The van der Waals surface area contributed by atoms with E-state index in [2.05, 4.69) is 5.32 Å². The van der Waals surface area contributed by atoms with E-state index >= 15 is 0 Å². The van der Waals surface area contributed by atoms with Crippen molar-refractivity contribution in [3.8, 4) is 5.75 Å². The van der Waals surface area contributed by atoms with Crippen LogP contribution in [0.15, 0.2) is 72.1 Å². The topological polar surface area (TPSA) is 61.9 Å². The normalized spacial score (nSPS) is 11.5. The number of benzene rings is 2. The van der Waals surface area contributed by atoms with E-state index in [-0.39, 0.29) is 24.5 Å². The molecule has 0 aliphatic carbocycles. The lowest BCUT2D eigenvalue weighted by Crippen LogP contribution is -2.47. The lowest BCUT2D eigenvalue weighted by molar-refractivity contribution is -0.133. The Balaban J connectivity index is 1.75. The summed E-state index contributed by atoms with van der Waals surface area (Å²) in [5, 5.41) is 4.92. The van der Waals surface area contributed by atoms with Gasteiger partial charge in [0.05, 0.1) is 13.7 Å². The van der Waals surface area contributed by atoms with Gasteiger partial charge in [-0.15, -0.1) is 11.3 Å². The number of nitrogens with one attached hydrogen (secondary N) is 1. The van der Waals surface area contributed by atoms with Crippen molar-refractivity contribution in [3.05, 3.63) is 82.6 Å². The number of carbonyl (C=O) groups excluding carboxylic acids is 2. The van der Waals surface area contributed by atoms with E-state index in [0.29, 0.717) is 24.5 Å². The van der Waals surface area contributed by atoms with Gasteiger partial charge in [0.2, 0.25) is 5.91 Å². The van der Waals surface area contributed by atoms with Gasteiger partial charge >= 0.3 is 6.03 Å². The Morgan fingerprint density at radius 1 is 1.00 bits per heavy atom. The van der Waals surface area contributed by atoms with Gasteiger partial charge in [-0.1, -0.05) is 43.3 Å². The number of ether oxygens (including phenoxy) is 1. The maximum Gasteiger partial charge on any atom is 0.322 e. The SMILES string of the molecule is CCC(C)N(CC(=O)N(Cc1ccccc1)Cc1cccs1)C(=O)Nc1ccc(OC)cc1. The predicted octanol–water partition coefficient (Wildman–Crippen LogP) is 5.62. The number of urea groups is 1. The zero-order valence-electron chi connectivity index (χ0n) is 19.4. The highest BCUT2D eigenvalue weighted by Gasteiger charge is 2.25. The van der Waals surface area contributed by atoms with Gasteiger partial charge in [-0.3, -0.25) is 4.79 Å². The molecule has 3 aromatic rings. The molecule has 1 N–H and O–H groups in total. The highest BCUT2D eigenvalue weighted by Crippen LogP contribution is 2.18. The van der Waals surface area contributed by atoms with E-state index < -0.39 is 0 Å². The quantitative estimate of drug-likeness (QED) is 0.423. The number of carbonyl (C=O) groups is 2. The van der Waals surface area contributed by atoms with Gasteiger partial charge < -0.3 is 19.9 Å². The zero-order chi connectivity index (χ0) is 23.6. The molecule has 7 heteroatoms. The van der Waals surface area contributed by atoms with Gasteiger partial charge in [0, 0.05) is 23.2 Å². The third-order valence-corrected chi connectivity index (χ3v) is 6.39. The molecule has 0 radical (unpaired) electrons. The minimum atomic E-state index is -0.293. The molecule has 0 aliphatic heterocycles. The molecule has 33 heavy (non-hydrogen) atoms. The van der Waals surface area contributed by atoms with Crippen LogP contribution in [-0.2, 0) is 17.9 Å². The van der Waals surface area contributed by atoms with Crippen molar-refractivity contribution in [3.63, 3.8) is 0 Å². The van der Waals surface area contributed by atoms with Crippen LogP contribution in [0.5, 0.6) is 5.75 Å². The van der Waals surface area contributed by atoms with Crippen molar-refractivity contribution in [2.75, 3.05) is 19.0 Å². The molecule has 1 heterocycles. The summed E-state index contributed by atoms with van der Waals surface area (Å²) in [5.41, 5.74) is 1.71. The van der Waals surface area contributed by atoms with Crippen molar-refractivity contribution < 1.29 is 14.3 Å². The molecule has 3 rings (SSSR count). The van der Waals surface area contributed by atoms with E-state index in [1.807, 2.05) is 66.6 Å².